The molecular formula is C30H28F2N8O3. The highest BCUT2D eigenvalue weighted by molar-refractivity contribution is 6.04. The molecule has 6 rings (SSSR count). The number of aromatic amines is 1. The number of nitrogens with one attached hydrogen (secondary N) is 3. The van der Waals surface area contributed by atoms with E-state index in [1.54, 1.807) is 12.3 Å². The van der Waals surface area contributed by atoms with E-state index in [9.17, 15) is 14.0 Å². The second-order valence-electron chi connectivity index (χ2n) is 10.1. The largest absolute Gasteiger partial charge is 0.453 e. The van der Waals surface area contributed by atoms with Crippen LogP contribution < -0.4 is 20.9 Å². The number of likely N-dealkylation sites (tertiary alicyclic amines) is 1. The second-order valence-corrected chi connectivity index (χ2v) is 10.1. The van der Waals surface area contributed by atoms with Crippen LogP contribution in [0.3, 0.4) is 0 Å². The van der Waals surface area contributed by atoms with Crippen molar-refractivity contribution in [2.24, 2.45) is 0 Å². The van der Waals surface area contributed by atoms with Crippen LogP contribution in [0.25, 0.3) is 16.7 Å². The van der Waals surface area contributed by atoms with Crippen molar-refractivity contribution in [2.45, 2.75) is 25.8 Å². The third-order valence-electron chi connectivity index (χ3n) is 7.37. The number of piperidine rings is 1. The number of hydrogen-bond donors (Lipinski definition) is 3. The van der Waals surface area contributed by atoms with Crippen LogP contribution in [0.15, 0.2) is 71.8 Å². The Morgan fingerprint density at radius 2 is 1.84 bits per heavy atom. The minimum atomic E-state index is -0.758. The summed E-state index contributed by atoms with van der Waals surface area (Å²) in [5, 5.41) is 17.9. The van der Waals surface area contributed by atoms with Gasteiger partial charge in [0.1, 0.15) is 22.5 Å². The molecule has 1 saturated heterocycles. The van der Waals surface area contributed by atoms with E-state index in [0.717, 1.165) is 43.2 Å². The Kier molecular flexibility index (Phi) is 7.79. The summed E-state index contributed by atoms with van der Waals surface area (Å²) in [5.74, 6) is -1.09. The zero-order chi connectivity index (χ0) is 29.9. The number of aromatic nitrogens is 5. The summed E-state index contributed by atoms with van der Waals surface area (Å²) in [4.78, 5) is 32.5. The van der Waals surface area contributed by atoms with Gasteiger partial charge in [0.25, 0.3) is 11.5 Å². The molecule has 0 spiro atoms. The summed E-state index contributed by atoms with van der Waals surface area (Å²) >= 11 is 0. The van der Waals surface area contributed by atoms with Gasteiger partial charge in [0, 0.05) is 49.3 Å². The Bertz CT molecular complexity index is 1830. The van der Waals surface area contributed by atoms with Gasteiger partial charge in [-0.05, 0) is 61.9 Å². The molecule has 1 aliphatic rings. The molecule has 3 N–H and O–H groups in total. The van der Waals surface area contributed by atoms with Crippen molar-refractivity contribution in [1.29, 1.82) is 0 Å². The maximum atomic E-state index is 15.2. The molecule has 1 fully saturated rings. The van der Waals surface area contributed by atoms with Crippen LogP contribution in [0, 0.1) is 11.6 Å². The lowest BCUT2D eigenvalue weighted by Gasteiger charge is -2.31. The number of rotatable bonds is 8. The van der Waals surface area contributed by atoms with Gasteiger partial charge >= 0.3 is 0 Å². The Morgan fingerprint density at radius 3 is 2.58 bits per heavy atom. The molecule has 0 atom stereocenters. The van der Waals surface area contributed by atoms with E-state index < -0.39 is 23.1 Å². The van der Waals surface area contributed by atoms with Gasteiger partial charge in [-0.1, -0.05) is 6.92 Å². The first-order chi connectivity index (χ1) is 20.9. The van der Waals surface area contributed by atoms with Crippen molar-refractivity contribution < 1.29 is 18.3 Å². The summed E-state index contributed by atoms with van der Waals surface area (Å²) in [5.41, 5.74) is -0.0345. The summed E-state index contributed by atoms with van der Waals surface area (Å²) in [6.45, 7) is 5.17. The van der Waals surface area contributed by atoms with Crippen LogP contribution in [-0.2, 0) is 0 Å². The molecule has 43 heavy (non-hydrogen) atoms. The van der Waals surface area contributed by atoms with E-state index in [2.05, 4.69) is 42.7 Å². The smallest absolute Gasteiger partial charge is 0.284 e. The van der Waals surface area contributed by atoms with Crippen LogP contribution in [0.1, 0.15) is 30.1 Å². The van der Waals surface area contributed by atoms with Gasteiger partial charge in [-0.3, -0.25) is 14.7 Å². The first-order valence-electron chi connectivity index (χ1n) is 13.8. The van der Waals surface area contributed by atoms with E-state index in [-0.39, 0.29) is 28.7 Å². The number of nitrogens with zero attached hydrogens (tertiary/aromatic N) is 5. The quantitative estimate of drug-likeness (QED) is 0.238. The molecule has 0 radical (unpaired) electrons. The standard InChI is InChI=1S/C30H28F2N8O3/c1-2-39-15-11-19(12-16-39)35-28-26-25(10-13-33-27(26)37-38-28)43-24-8-5-20(17-23(24)32)36-29(41)22-9-14-34-40(30(22)42)21-6-3-18(31)4-7-21/h3-10,13-14,17,19H,2,11-12,15-16H2,1H3,(H,36,41)(H2,33,35,37,38). The fourth-order valence-electron chi connectivity index (χ4n) is 5.03. The molecule has 0 bridgehead atoms. The summed E-state index contributed by atoms with van der Waals surface area (Å²) in [6.07, 6.45) is 4.76. The van der Waals surface area contributed by atoms with Crippen LogP contribution >= 0.6 is 0 Å². The Morgan fingerprint density at radius 1 is 1.05 bits per heavy atom. The van der Waals surface area contributed by atoms with Gasteiger partial charge in [-0.15, -0.1) is 0 Å². The Labute approximate surface area is 244 Å². The monoisotopic (exact) mass is 586 g/mol. The zero-order valence-electron chi connectivity index (χ0n) is 23.2. The summed E-state index contributed by atoms with van der Waals surface area (Å²) in [7, 11) is 0. The number of benzene rings is 2. The van der Waals surface area contributed by atoms with Crippen LogP contribution in [-0.4, -0.2) is 61.4 Å². The van der Waals surface area contributed by atoms with Gasteiger partial charge in [-0.25, -0.2) is 13.8 Å². The van der Waals surface area contributed by atoms with Gasteiger partial charge < -0.3 is 20.3 Å². The zero-order valence-corrected chi connectivity index (χ0v) is 23.2. The van der Waals surface area contributed by atoms with Crippen molar-refractivity contribution >= 4 is 28.4 Å². The average Bonchev–Trinajstić information content (AvgIpc) is 3.43. The first kappa shape index (κ1) is 28.0. The number of anilines is 2. The number of carbonyl (C=O) groups excluding carboxylic acids is 1. The number of pyridine rings is 1. The van der Waals surface area contributed by atoms with Crippen molar-refractivity contribution in [1.82, 2.24) is 29.9 Å². The number of ether oxygens (including phenoxy) is 1. The summed E-state index contributed by atoms with van der Waals surface area (Å²) in [6, 6.07) is 12.2. The predicted molar refractivity (Wildman–Crippen MR) is 157 cm³/mol. The number of halogens is 2. The molecule has 0 aliphatic carbocycles. The van der Waals surface area contributed by atoms with Crippen LogP contribution in [0.4, 0.5) is 20.3 Å². The minimum absolute atomic E-state index is 0.0727. The van der Waals surface area contributed by atoms with Gasteiger partial charge in [0.05, 0.1) is 5.69 Å². The van der Waals surface area contributed by atoms with Crippen LogP contribution in [0.2, 0.25) is 0 Å². The second kappa shape index (κ2) is 12.0. The highest BCUT2D eigenvalue weighted by Crippen LogP contribution is 2.35. The third-order valence-corrected chi connectivity index (χ3v) is 7.37. The van der Waals surface area contributed by atoms with Crippen molar-refractivity contribution in [3.63, 3.8) is 0 Å². The predicted octanol–water partition coefficient (Wildman–Crippen LogP) is 4.72. The lowest BCUT2D eigenvalue weighted by atomic mass is 10.1. The molecule has 5 aromatic rings. The first-order valence-corrected chi connectivity index (χ1v) is 13.8. The molecule has 3 aromatic heterocycles. The molecule has 0 saturated carbocycles. The SMILES string of the molecule is CCN1CCC(Nc2n[nH]c3nccc(Oc4ccc(NC(=O)c5ccnn(-c6ccc(F)cc6)c5=O)cc4F)c23)CC1. The number of carbonyl (C=O) groups is 1. The molecule has 1 amide bonds. The normalized spacial score (nSPS) is 14.1. The molecular weight excluding hydrogens is 558 g/mol. The Hall–Kier alpha value is -5.17. The van der Waals surface area contributed by atoms with E-state index in [0.29, 0.717) is 22.6 Å². The van der Waals surface area contributed by atoms with Crippen LogP contribution in [0.5, 0.6) is 11.5 Å². The number of amides is 1. The molecule has 2 aromatic carbocycles. The maximum Gasteiger partial charge on any atom is 0.284 e. The summed E-state index contributed by atoms with van der Waals surface area (Å²) < 4.78 is 35.4. The Balaban J connectivity index is 1.18. The molecule has 0 unspecified atom stereocenters. The molecule has 4 heterocycles. The van der Waals surface area contributed by atoms with E-state index in [1.165, 1.54) is 48.7 Å². The van der Waals surface area contributed by atoms with Crippen molar-refractivity contribution in [3.05, 3.63) is 94.5 Å². The molecule has 1 aliphatic heterocycles. The number of H-pyrrole nitrogens is 1. The van der Waals surface area contributed by atoms with Gasteiger partial charge in [-0.2, -0.15) is 14.9 Å². The lowest BCUT2D eigenvalue weighted by Crippen LogP contribution is -2.38. The van der Waals surface area contributed by atoms with Crippen molar-refractivity contribution in [2.75, 3.05) is 30.3 Å². The topological polar surface area (TPSA) is 130 Å². The van der Waals surface area contributed by atoms with E-state index >= 15 is 4.39 Å². The fourth-order valence-corrected chi connectivity index (χ4v) is 5.03. The van der Waals surface area contributed by atoms with Gasteiger partial charge in [0.2, 0.25) is 0 Å². The molecule has 11 nitrogen and oxygen atoms in total. The lowest BCUT2D eigenvalue weighted by molar-refractivity contribution is 0.102. The fraction of sp³-hybridized carbons (Fsp3) is 0.233. The van der Waals surface area contributed by atoms with Crippen molar-refractivity contribution in [3.8, 4) is 17.2 Å². The molecule has 13 heteroatoms. The highest BCUT2D eigenvalue weighted by Gasteiger charge is 2.22. The van der Waals surface area contributed by atoms with E-state index in [4.69, 9.17) is 4.74 Å². The number of fused-ring (bicyclic) bond motifs is 1. The number of hydrogen-bond acceptors (Lipinski definition) is 8. The third kappa shape index (κ3) is 5.93. The maximum absolute atomic E-state index is 15.2. The highest BCUT2D eigenvalue weighted by atomic mass is 19.1. The average molecular weight is 587 g/mol. The van der Waals surface area contributed by atoms with Gasteiger partial charge in [0.15, 0.2) is 23.0 Å². The minimum Gasteiger partial charge on any atom is -0.453 e. The van der Waals surface area contributed by atoms with E-state index in [1.807, 2.05) is 0 Å². The molecule has 220 valence electrons.